The summed E-state index contributed by atoms with van der Waals surface area (Å²) in [4.78, 5) is 14.0. The summed E-state index contributed by atoms with van der Waals surface area (Å²) < 4.78 is 1.67. The van der Waals surface area contributed by atoms with Crippen LogP contribution in [0, 0.1) is 5.92 Å². The molecule has 1 N–H and O–H groups in total. The van der Waals surface area contributed by atoms with Crippen LogP contribution in [0.4, 0.5) is 0 Å². The average molecular weight is 236 g/mol. The highest BCUT2D eigenvalue weighted by molar-refractivity contribution is 5.92. The van der Waals surface area contributed by atoms with E-state index in [2.05, 4.69) is 10.4 Å². The summed E-state index contributed by atoms with van der Waals surface area (Å²) in [6.45, 7) is 2.75. The van der Waals surface area contributed by atoms with Gasteiger partial charge in [-0.15, -0.1) is 0 Å². The minimum Gasteiger partial charge on any atom is -0.337 e. The number of nitrogens with zero attached hydrogens (tertiary/aromatic N) is 3. The Morgan fingerprint density at radius 3 is 2.76 bits per heavy atom. The fourth-order valence-corrected chi connectivity index (χ4v) is 2.32. The van der Waals surface area contributed by atoms with E-state index in [4.69, 9.17) is 0 Å². The Hall–Kier alpha value is -1.36. The van der Waals surface area contributed by atoms with Gasteiger partial charge in [0.25, 0.3) is 5.91 Å². The quantitative estimate of drug-likeness (QED) is 0.831. The van der Waals surface area contributed by atoms with Crippen molar-refractivity contribution < 1.29 is 4.79 Å². The molecule has 17 heavy (non-hydrogen) atoms. The van der Waals surface area contributed by atoms with Gasteiger partial charge in [-0.05, 0) is 38.4 Å². The van der Waals surface area contributed by atoms with E-state index < -0.39 is 0 Å². The molecule has 94 valence electrons. The van der Waals surface area contributed by atoms with Crippen molar-refractivity contribution in [2.45, 2.75) is 12.8 Å². The first-order valence-electron chi connectivity index (χ1n) is 6.14. The van der Waals surface area contributed by atoms with E-state index >= 15 is 0 Å². The Kier molecular flexibility index (Phi) is 3.78. The monoisotopic (exact) mass is 236 g/mol. The Labute approximate surface area is 102 Å². The lowest BCUT2D eigenvalue weighted by atomic mass is 9.97. The van der Waals surface area contributed by atoms with Crippen LogP contribution in [-0.2, 0) is 7.05 Å². The molecule has 5 nitrogen and oxygen atoms in total. The second-order valence-electron chi connectivity index (χ2n) is 4.67. The molecular weight excluding hydrogens is 216 g/mol. The maximum atomic E-state index is 12.1. The van der Waals surface area contributed by atoms with Crippen molar-refractivity contribution in [3.8, 4) is 0 Å². The molecule has 0 atom stereocenters. The lowest BCUT2D eigenvalue weighted by Crippen LogP contribution is -2.40. The molecule has 5 heteroatoms. The number of rotatable bonds is 3. The third-order valence-electron chi connectivity index (χ3n) is 3.33. The number of nitrogens with one attached hydrogen (secondary N) is 1. The molecule has 1 fully saturated rings. The van der Waals surface area contributed by atoms with E-state index in [1.165, 1.54) is 0 Å². The summed E-state index contributed by atoms with van der Waals surface area (Å²) >= 11 is 0. The van der Waals surface area contributed by atoms with Crippen molar-refractivity contribution in [1.82, 2.24) is 20.0 Å². The number of carbonyl (C=O) groups is 1. The van der Waals surface area contributed by atoms with Crippen molar-refractivity contribution in [1.29, 1.82) is 0 Å². The predicted octanol–water partition coefficient (Wildman–Crippen LogP) is 0.492. The Balaban J connectivity index is 1.90. The van der Waals surface area contributed by atoms with Crippen molar-refractivity contribution in [2.24, 2.45) is 13.0 Å². The van der Waals surface area contributed by atoms with Crippen LogP contribution in [0.2, 0.25) is 0 Å². The Bertz CT molecular complexity index is 380. The van der Waals surface area contributed by atoms with Crippen molar-refractivity contribution in [3.63, 3.8) is 0 Å². The topological polar surface area (TPSA) is 50.2 Å². The highest BCUT2D eigenvalue weighted by Gasteiger charge is 2.24. The fraction of sp³-hybridized carbons (Fsp3) is 0.667. The van der Waals surface area contributed by atoms with Crippen LogP contribution < -0.4 is 5.32 Å². The SMILES string of the molecule is CNCC1CCN(C(=O)c2ccn(C)n2)CC1. The van der Waals surface area contributed by atoms with Crippen LogP contribution in [-0.4, -0.2) is 47.3 Å². The standard InChI is InChI=1S/C12H20N4O/c1-13-9-10-3-7-16(8-4-10)12(17)11-5-6-15(2)14-11/h5-6,10,13H,3-4,7-9H2,1-2H3. The van der Waals surface area contributed by atoms with Crippen LogP contribution >= 0.6 is 0 Å². The smallest absolute Gasteiger partial charge is 0.274 e. The van der Waals surface area contributed by atoms with Gasteiger partial charge in [0.05, 0.1) is 0 Å². The molecule has 1 aliphatic rings. The third kappa shape index (κ3) is 2.85. The van der Waals surface area contributed by atoms with E-state index in [-0.39, 0.29) is 5.91 Å². The van der Waals surface area contributed by atoms with E-state index in [1.807, 2.05) is 19.0 Å². The number of likely N-dealkylation sites (tertiary alicyclic amines) is 1. The van der Waals surface area contributed by atoms with Gasteiger partial charge in [0.15, 0.2) is 0 Å². The van der Waals surface area contributed by atoms with Gasteiger partial charge in [-0.3, -0.25) is 9.48 Å². The molecule has 0 aliphatic carbocycles. The van der Waals surface area contributed by atoms with Crippen LogP contribution in [0.25, 0.3) is 0 Å². The van der Waals surface area contributed by atoms with Crippen LogP contribution in [0.5, 0.6) is 0 Å². The molecular formula is C12H20N4O. The largest absolute Gasteiger partial charge is 0.337 e. The molecule has 1 aromatic rings. The van der Waals surface area contributed by atoms with Crippen LogP contribution in [0.3, 0.4) is 0 Å². The van der Waals surface area contributed by atoms with Crippen LogP contribution in [0.1, 0.15) is 23.3 Å². The van der Waals surface area contributed by atoms with Gasteiger partial charge < -0.3 is 10.2 Å². The van der Waals surface area contributed by atoms with Gasteiger partial charge in [-0.2, -0.15) is 5.10 Å². The summed E-state index contributed by atoms with van der Waals surface area (Å²) in [5, 5.41) is 7.35. The summed E-state index contributed by atoms with van der Waals surface area (Å²) in [7, 11) is 3.81. The zero-order valence-electron chi connectivity index (χ0n) is 10.5. The molecule has 0 unspecified atom stereocenters. The zero-order valence-corrected chi connectivity index (χ0v) is 10.5. The molecule has 2 rings (SSSR count). The average Bonchev–Trinajstić information content (AvgIpc) is 2.76. The lowest BCUT2D eigenvalue weighted by molar-refractivity contribution is 0.0684. The molecule has 1 saturated heterocycles. The maximum absolute atomic E-state index is 12.1. The van der Waals surface area contributed by atoms with Crippen molar-refractivity contribution in [2.75, 3.05) is 26.7 Å². The molecule has 2 heterocycles. The second kappa shape index (κ2) is 5.31. The number of amides is 1. The van der Waals surface area contributed by atoms with Gasteiger partial charge >= 0.3 is 0 Å². The molecule has 1 aliphatic heterocycles. The zero-order chi connectivity index (χ0) is 12.3. The molecule has 0 bridgehead atoms. The highest BCUT2D eigenvalue weighted by atomic mass is 16.2. The van der Waals surface area contributed by atoms with Crippen molar-refractivity contribution >= 4 is 5.91 Å². The van der Waals surface area contributed by atoms with Crippen molar-refractivity contribution in [3.05, 3.63) is 18.0 Å². The minimum absolute atomic E-state index is 0.0634. The number of hydrogen-bond donors (Lipinski definition) is 1. The molecule has 1 amide bonds. The first-order valence-corrected chi connectivity index (χ1v) is 6.14. The van der Waals surface area contributed by atoms with E-state index in [9.17, 15) is 4.79 Å². The molecule has 0 saturated carbocycles. The summed E-state index contributed by atoms with van der Waals surface area (Å²) in [6, 6.07) is 1.78. The third-order valence-corrected chi connectivity index (χ3v) is 3.33. The van der Waals surface area contributed by atoms with Gasteiger partial charge in [0.2, 0.25) is 0 Å². The van der Waals surface area contributed by atoms with Gasteiger partial charge in [-0.25, -0.2) is 0 Å². The van der Waals surface area contributed by atoms with Crippen LogP contribution in [0.15, 0.2) is 12.3 Å². The first-order chi connectivity index (χ1) is 8.20. The summed E-state index contributed by atoms with van der Waals surface area (Å²) in [5.74, 6) is 0.765. The lowest BCUT2D eigenvalue weighted by Gasteiger charge is -2.31. The summed E-state index contributed by atoms with van der Waals surface area (Å²) in [6.07, 6.45) is 3.97. The highest BCUT2D eigenvalue weighted by Crippen LogP contribution is 2.17. The van der Waals surface area contributed by atoms with E-state index in [0.717, 1.165) is 32.5 Å². The normalized spacial score (nSPS) is 17.4. The van der Waals surface area contributed by atoms with Gasteiger partial charge in [0, 0.05) is 26.3 Å². The number of hydrogen-bond acceptors (Lipinski definition) is 3. The van der Waals surface area contributed by atoms with E-state index in [0.29, 0.717) is 11.6 Å². The summed E-state index contributed by atoms with van der Waals surface area (Å²) in [5.41, 5.74) is 0.555. The number of carbonyl (C=O) groups excluding carboxylic acids is 1. The number of aromatic nitrogens is 2. The molecule has 0 aromatic carbocycles. The Morgan fingerprint density at radius 2 is 2.24 bits per heavy atom. The number of aryl methyl sites for hydroxylation is 1. The molecule has 1 aromatic heterocycles. The minimum atomic E-state index is 0.0634. The fourth-order valence-electron chi connectivity index (χ4n) is 2.32. The van der Waals surface area contributed by atoms with E-state index in [1.54, 1.807) is 16.9 Å². The number of piperidine rings is 1. The van der Waals surface area contributed by atoms with Gasteiger partial charge in [0.1, 0.15) is 5.69 Å². The molecule has 0 spiro atoms. The molecule has 0 radical (unpaired) electrons. The van der Waals surface area contributed by atoms with Gasteiger partial charge in [-0.1, -0.05) is 0 Å². The predicted molar refractivity (Wildman–Crippen MR) is 65.8 cm³/mol. The maximum Gasteiger partial charge on any atom is 0.274 e. The first kappa shape index (κ1) is 12.1. The second-order valence-corrected chi connectivity index (χ2v) is 4.67. The Morgan fingerprint density at radius 1 is 1.53 bits per heavy atom.